The number of carbonyl (C=O) groups excluding carboxylic acids is 2. The summed E-state index contributed by atoms with van der Waals surface area (Å²) in [6.07, 6.45) is 0.654. The summed E-state index contributed by atoms with van der Waals surface area (Å²) in [5.41, 5.74) is 5.76. The standard InChI is InChI=1S/C12H20N4O2S/c1-7(2)14-11(17)8(3)15-12(18)9-6-19-10(16-9)4-5-13/h6-8H,4-5,13H2,1-3H3,(H,14,17)(H,15,18). The van der Waals surface area contributed by atoms with E-state index in [1.54, 1.807) is 12.3 Å². The highest BCUT2D eigenvalue weighted by molar-refractivity contribution is 7.09. The number of hydrogen-bond acceptors (Lipinski definition) is 5. The summed E-state index contributed by atoms with van der Waals surface area (Å²) in [6, 6.07) is -0.545. The fourth-order valence-corrected chi connectivity index (χ4v) is 2.19. The Balaban J connectivity index is 2.55. The molecule has 1 unspecified atom stereocenters. The second kappa shape index (κ2) is 7.20. The van der Waals surface area contributed by atoms with Crippen molar-refractivity contribution < 1.29 is 9.59 Å². The molecule has 0 spiro atoms. The number of aromatic nitrogens is 1. The lowest BCUT2D eigenvalue weighted by Gasteiger charge is -2.15. The summed E-state index contributed by atoms with van der Waals surface area (Å²) in [6.45, 7) is 5.88. The van der Waals surface area contributed by atoms with Crippen molar-refractivity contribution in [3.8, 4) is 0 Å². The minimum atomic E-state index is -0.588. The number of amides is 2. The molecule has 0 saturated heterocycles. The first-order valence-corrected chi connectivity index (χ1v) is 7.07. The van der Waals surface area contributed by atoms with E-state index < -0.39 is 6.04 Å². The van der Waals surface area contributed by atoms with E-state index in [1.165, 1.54) is 11.3 Å². The molecule has 106 valence electrons. The van der Waals surface area contributed by atoms with E-state index in [0.717, 1.165) is 5.01 Å². The highest BCUT2D eigenvalue weighted by Gasteiger charge is 2.18. The molecule has 1 aromatic rings. The molecule has 1 heterocycles. The van der Waals surface area contributed by atoms with Gasteiger partial charge in [-0.15, -0.1) is 11.3 Å². The topological polar surface area (TPSA) is 97.1 Å². The summed E-state index contributed by atoms with van der Waals surface area (Å²) in [5, 5.41) is 7.86. The Morgan fingerprint density at radius 3 is 2.63 bits per heavy atom. The van der Waals surface area contributed by atoms with Crippen LogP contribution in [0.15, 0.2) is 5.38 Å². The molecule has 2 amide bonds. The van der Waals surface area contributed by atoms with E-state index in [2.05, 4.69) is 15.6 Å². The predicted molar refractivity (Wildman–Crippen MR) is 75.1 cm³/mol. The largest absolute Gasteiger partial charge is 0.352 e. The zero-order valence-electron chi connectivity index (χ0n) is 11.4. The normalized spacial score (nSPS) is 12.3. The SMILES string of the molecule is CC(C)NC(=O)C(C)NC(=O)c1csc(CCN)n1. The highest BCUT2D eigenvalue weighted by atomic mass is 32.1. The zero-order chi connectivity index (χ0) is 14.4. The quantitative estimate of drug-likeness (QED) is 0.699. The molecule has 0 radical (unpaired) electrons. The Labute approximate surface area is 116 Å². The molecule has 0 bridgehead atoms. The molecule has 19 heavy (non-hydrogen) atoms. The maximum atomic E-state index is 11.9. The molecular formula is C12H20N4O2S. The van der Waals surface area contributed by atoms with Crippen molar-refractivity contribution >= 4 is 23.2 Å². The van der Waals surface area contributed by atoms with Crippen molar-refractivity contribution in [3.63, 3.8) is 0 Å². The predicted octanol–water partition coefficient (Wildman–Crippen LogP) is 0.287. The molecule has 4 N–H and O–H groups in total. The molecule has 0 aliphatic carbocycles. The van der Waals surface area contributed by atoms with Crippen molar-refractivity contribution in [2.45, 2.75) is 39.3 Å². The van der Waals surface area contributed by atoms with E-state index >= 15 is 0 Å². The second-order valence-corrected chi connectivity index (χ2v) is 5.47. The van der Waals surface area contributed by atoms with Gasteiger partial charge in [-0.2, -0.15) is 0 Å². The van der Waals surface area contributed by atoms with Crippen LogP contribution in [0.5, 0.6) is 0 Å². The van der Waals surface area contributed by atoms with Crippen molar-refractivity contribution in [1.29, 1.82) is 0 Å². The van der Waals surface area contributed by atoms with Crippen LogP contribution in [0.3, 0.4) is 0 Å². The van der Waals surface area contributed by atoms with Gasteiger partial charge in [0.25, 0.3) is 5.91 Å². The minimum absolute atomic E-state index is 0.0438. The Hall–Kier alpha value is -1.47. The lowest BCUT2D eigenvalue weighted by molar-refractivity contribution is -0.123. The lowest BCUT2D eigenvalue weighted by Crippen LogP contribution is -2.46. The molecule has 0 aliphatic rings. The van der Waals surface area contributed by atoms with Gasteiger partial charge >= 0.3 is 0 Å². The summed E-state index contributed by atoms with van der Waals surface area (Å²) in [4.78, 5) is 27.7. The summed E-state index contributed by atoms with van der Waals surface area (Å²) in [7, 11) is 0. The first kappa shape index (κ1) is 15.6. The van der Waals surface area contributed by atoms with Crippen LogP contribution in [0.1, 0.15) is 36.3 Å². The molecule has 6 nitrogen and oxygen atoms in total. The zero-order valence-corrected chi connectivity index (χ0v) is 12.2. The monoisotopic (exact) mass is 284 g/mol. The van der Waals surface area contributed by atoms with Crippen molar-refractivity contribution in [1.82, 2.24) is 15.6 Å². The van der Waals surface area contributed by atoms with Crippen LogP contribution in [-0.2, 0) is 11.2 Å². The molecule has 0 saturated carbocycles. The molecule has 0 fully saturated rings. The van der Waals surface area contributed by atoms with Crippen LogP contribution in [0.25, 0.3) is 0 Å². The summed E-state index contributed by atoms with van der Waals surface area (Å²) >= 11 is 1.40. The van der Waals surface area contributed by atoms with Crippen LogP contribution in [0.2, 0.25) is 0 Å². The average molecular weight is 284 g/mol. The highest BCUT2D eigenvalue weighted by Crippen LogP contribution is 2.10. The lowest BCUT2D eigenvalue weighted by atomic mass is 10.2. The summed E-state index contributed by atoms with van der Waals surface area (Å²) in [5.74, 6) is -0.549. The number of carbonyl (C=O) groups is 2. The average Bonchev–Trinajstić information content (AvgIpc) is 2.77. The number of nitrogens with one attached hydrogen (secondary N) is 2. The number of nitrogens with two attached hydrogens (primary N) is 1. The third kappa shape index (κ3) is 4.96. The molecule has 7 heteroatoms. The number of hydrogen-bond donors (Lipinski definition) is 3. The van der Waals surface area contributed by atoms with Crippen molar-refractivity contribution in [3.05, 3.63) is 16.1 Å². The van der Waals surface area contributed by atoms with Crippen molar-refractivity contribution in [2.75, 3.05) is 6.54 Å². The van der Waals surface area contributed by atoms with Gasteiger partial charge in [0.1, 0.15) is 11.7 Å². The third-order valence-corrected chi connectivity index (χ3v) is 3.22. The summed E-state index contributed by atoms with van der Waals surface area (Å²) < 4.78 is 0. The van der Waals surface area contributed by atoms with E-state index in [4.69, 9.17) is 5.73 Å². The number of rotatable bonds is 6. The van der Waals surface area contributed by atoms with Gasteiger partial charge in [-0.1, -0.05) is 0 Å². The van der Waals surface area contributed by atoms with Crippen molar-refractivity contribution in [2.24, 2.45) is 5.73 Å². The first-order valence-electron chi connectivity index (χ1n) is 6.19. The molecule has 1 aromatic heterocycles. The van der Waals surface area contributed by atoms with Gasteiger partial charge in [0.15, 0.2) is 0 Å². The van der Waals surface area contributed by atoms with E-state index in [0.29, 0.717) is 18.7 Å². The van der Waals surface area contributed by atoms with E-state index in [-0.39, 0.29) is 17.9 Å². The van der Waals surface area contributed by atoms with Gasteiger partial charge in [0.05, 0.1) is 5.01 Å². The fraction of sp³-hybridized carbons (Fsp3) is 0.583. The third-order valence-electron chi connectivity index (χ3n) is 2.31. The molecular weight excluding hydrogens is 264 g/mol. The van der Waals surface area contributed by atoms with Gasteiger partial charge in [0.2, 0.25) is 5.91 Å². The van der Waals surface area contributed by atoms with E-state index in [9.17, 15) is 9.59 Å². The maximum Gasteiger partial charge on any atom is 0.271 e. The Bertz CT molecular complexity index is 445. The molecule has 1 atom stereocenters. The second-order valence-electron chi connectivity index (χ2n) is 4.52. The minimum Gasteiger partial charge on any atom is -0.352 e. The fourth-order valence-electron chi connectivity index (χ4n) is 1.40. The Kier molecular flexibility index (Phi) is 5.91. The van der Waals surface area contributed by atoms with E-state index in [1.807, 2.05) is 13.8 Å². The van der Waals surface area contributed by atoms with Gasteiger partial charge in [-0.05, 0) is 27.3 Å². The Morgan fingerprint density at radius 2 is 2.05 bits per heavy atom. The van der Waals surface area contributed by atoms with Gasteiger partial charge in [-0.25, -0.2) is 4.98 Å². The van der Waals surface area contributed by atoms with Crippen LogP contribution in [0.4, 0.5) is 0 Å². The van der Waals surface area contributed by atoms with Gasteiger partial charge in [-0.3, -0.25) is 9.59 Å². The van der Waals surface area contributed by atoms with Crippen LogP contribution in [-0.4, -0.2) is 35.4 Å². The van der Waals surface area contributed by atoms with Crippen LogP contribution in [0, 0.1) is 0 Å². The first-order chi connectivity index (χ1) is 8.93. The Morgan fingerprint density at radius 1 is 1.37 bits per heavy atom. The van der Waals surface area contributed by atoms with Crippen LogP contribution >= 0.6 is 11.3 Å². The smallest absolute Gasteiger partial charge is 0.271 e. The molecule has 0 aromatic carbocycles. The number of nitrogens with zero attached hydrogens (tertiary/aromatic N) is 1. The maximum absolute atomic E-state index is 11.9. The molecule has 1 rings (SSSR count). The number of thiazole rings is 1. The van der Waals surface area contributed by atoms with Gasteiger partial charge in [0, 0.05) is 17.8 Å². The van der Waals surface area contributed by atoms with Crippen LogP contribution < -0.4 is 16.4 Å². The van der Waals surface area contributed by atoms with Gasteiger partial charge < -0.3 is 16.4 Å². The molecule has 0 aliphatic heterocycles.